The quantitative estimate of drug-likeness (QED) is 0.431. The normalized spacial score (nSPS) is 15.5. The van der Waals surface area contributed by atoms with Crippen LogP contribution in [0.1, 0.15) is 53.5 Å². The number of benzene rings is 2. The van der Waals surface area contributed by atoms with E-state index >= 15 is 0 Å². The lowest BCUT2D eigenvalue weighted by Crippen LogP contribution is -2.37. The van der Waals surface area contributed by atoms with Crippen molar-refractivity contribution in [1.29, 1.82) is 0 Å². The van der Waals surface area contributed by atoms with Crippen molar-refractivity contribution < 1.29 is 37.3 Å². The number of carbonyl (C=O) groups excluding carboxylic acids is 1. The van der Waals surface area contributed by atoms with Crippen LogP contribution in [-0.2, 0) is 17.5 Å². The molecule has 0 spiro atoms. The van der Waals surface area contributed by atoms with E-state index in [1.807, 2.05) is 0 Å². The molecular formula is C28H30F3N3O6. The molecule has 1 N–H and O–H groups in total. The molecule has 2 aromatic carbocycles. The van der Waals surface area contributed by atoms with Crippen molar-refractivity contribution in [3.05, 3.63) is 75.3 Å². The van der Waals surface area contributed by atoms with Gasteiger partial charge in [0, 0.05) is 19.0 Å². The van der Waals surface area contributed by atoms with Crippen LogP contribution in [-0.4, -0.2) is 58.9 Å². The van der Waals surface area contributed by atoms with Gasteiger partial charge in [-0.2, -0.15) is 18.2 Å². The van der Waals surface area contributed by atoms with E-state index in [1.54, 1.807) is 32.0 Å². The SMILES string of the molecule is COc1cccc(OC)c1-n1c(COC(C)C)nc(O)c(C(=O)N2CCC(c3ccccc3C(F)(F)F)C2)c1=O. The van der Waals surface area contributed by atoms with Crippen LogP contribution in [0.4, 0.5) is 13.2 Å². The van der Waals surface area contributed by atoms with E-state index in [0.717, 1.165) is 10.6 Å². The smallest absolute Gasteiger partial charge is 0.416 e. The number of likely N-dealkylation sites (tertiary alicyclic amines) is 1. The molecule has 0 aliphatic carbocycles. The maximum Gasteiger partial charge on any atom is 0.416 e. The molecule has 9 nitrogen and oxygen atoms in total. The zero-order valence-electron chi connectivity index (χ0n) is 22.5. The third-order valence-electron chi connectivity index (χ3n) is 6.70. The number of methoxy groups -OCH3 is 2. The van der Waals surface area contributed by atoms with Gasteiger partial charge in [0.25, 0.3) is 11.5 Å². The lowest BCUT2D eigenvalue weighted by molar-refractivity contribution is -0.138. The highest BCUT2D eigenvalue weighted by Gasteiger charge is 2.39. The summed E-state index contributed by atoms with van der Waals surface area (Å²) in [6, 6.07) is 10.1. The predicted octanol–water partition coefficient (Wildman–Crippen LogP) is 4.53. The molecule has 1 unspecified atom stereocenters. The number of rotatable bonds is 8. The molecule has 1 amide bonds. The minimum Gasteiger partial charge on any atom is -0.494 e. The van der Waals surface area contributed by atoms with Crippen LogP contribution in [0.15, 0.2) is 47.3 Å². The Morgan fingerprint density at radius 3 is 2.35 bits per heavy atom. The summed E-state index contributed by atoms with van der Waals surface area (Å²) in [7, 11) is 2.80. The monoisotopic (exact) mass is 561 g/mol. The number of amides is 1. The van der Waals surface area contributed by atoms with Crippen molar-refractivity contribution in [3.8, 4) is 23.1 Å². The van der Waals surface area contributed by atoms with Crippen molar-refractivity contribution in [2.75, 3.05) is 27.3 Å². The third-order valence-corrected chi connectivity index (χ3v) is 6.70. The van der Waals surface area contributed by atoms with Gasteiger partial charge in [0.15, 0.2) is 5.56 Å². The molecule has 1 aliphatic heterocycles. The van der Waals surface area contributed by atoms with Gasteiger partial charge in [0.05, 0.1) is 25.9 Å². The average molecular weight is 562 g/mol. The maximum absolute atomic E-state index is 13.9. The molecule has 4 rings (SSSR count). The lowest BCUT2D eigenvalue weighted by atomic mass is 9.93. The summed E-state index contributed by atoms with van der Waals surface area (Å²) < 4.78 is 58.5. The number of halogens is 3. The highest BCUT2D eigenvalue weighted by atomic mass is 19.4. The molecule has 1 aromatic heterocycles. The predicted molar refractivity (Wildman–Crippen MR) is 139 cm³/mol. The molecule has 12 heteroatoms. The summed E-state index contributed by atoms with van der Waals surface area (Å²) in [5.41, 5.74) is -2.06. The van der Waals surface area contributed by atoms with Crippen LogP contribution in [0.25, 0.3) is 5.69 Å². The molecule has 40 heavy (non-hydrogen) atoms. The van der Waals surface area contributed by atoms with Gasteiger partial charge in [0.2, 0.25) is 5.88 Å². The lowest BCUT2D eigenvalue weighted by Gasteiger charge is -2.22. The summed E-state index contributed by atoms with van der Waals surface area (Å²) in [5.74, 6) is -1.78. The zero-order chi connectivity index (χ0) is 29.2. The van der Waals surface area contributed by atoms with Crippen molar-refractivity contribution in [1.82, 2.24) is 14.5 Å². The number of alkyl halides is 3. The molecule has 3 aromatic rings. The van der Waals surface area contributed by atoms with E-state index in [4.69, 9.17) is 14.2 Å². The third kappa shape index (κ3) is 5.62. The van der Waals surface area contributed by atoms with Gasteiger partial charge >= 0.3 is 6.18 Å². The molecule has 1 fully saturated rings. The van der Waals surface area contributed by atoms with E-state index < -0.39 is 40.6 Å². The molecule has 214 valence electrons. The second kappa shape index (κ2) is 11.6. The molecule has 0 saturated carbocycles. The summed E-state index contributed by atoms with van der Waals surface area (Å²) in [6.45, 7) is 3.40. The van der Waals surface area contributed by atoms with Gasteiger partial charge in [-0.3, -0.25) is 14.2 Å². The first-order valence-corrected chi connectivity index (χ1v) is 12.6. The van der Waals surface area contributed by atoms with Crippen molar-refractivity contribution in [2.45, 2.75) is 45.1 Å². The van der Waals surface area contributed by atoms with Crippen LogP contribution < -0.4 is 15.0 Å². The van der Waals surface area contributed by atoms with E-state index in [1.165, 1.54) is 37.3 Å². The van der Waals surface area contributed by atoms with Crippen LogP contribution in [0.2, 0.25) is 0 Å². The topological polar surface area (TPSA) is 103 Å². The molecule has 1 aliphatic rings. The van der Waals surface area contributed by atoms with E-state index in [-0.39, 0.29) is 60.8 Å². The molecular weight excluding hydrogens is 531 g/mol. The molecule has 0 radical (unpaired) electrons. The first kappa shape index (κ1) is 28.9. The minimum atomic E-state index is -4.55. The highest BCUT2D eigenvalue weighted by molar-refractivity contribution is 5.96. The van der Waals surface area contributed by atoms with Gasteiger partial charge in [-0.05, 0) is 44.0 Å². The first-order chi connectivity index (χ1) is 19.0. The zero-order valence-corrected chi connectivity index (χ0v) is 22.5. The minimum absolute atomic E-state index is 0.00560. The Balaban J connectivity index is 1.79. The van der Waals surface area contributed by atoms with Crippen LogP contribution in [0.3, 0.4) is 0 Å². The number of carbonyl (C=O) groups is 1. The Hall–Kier alpha value is -4.06. The van der Waals surface area contributed by atoms with Gasteiger partial charge < -0.3 is 24.2 Å². The number of ether oxygens (including phenoxy) is 3. The van der Waals surface area contributed by atoms with Gasteiger partial charge in [-0.15, -0.1) is 0 Å². The van der Waals surface area contributed by atoms with Crippen molar-refractivity contribution >= 4 is 5.91 Å². The number of hydrogen-bond acceptors (Lipinski definition) is 7. The molecule has 1 atom stereocenters. The second-order valence-corrected chi connectivity index (χ2v) is 9.56. The van der Waals surface area contributed by atoms with Crippen LogP contribution >= 0.6 is 0 Å². The summed E-state index contributed by atoms with van der Waals surface area (Å²) in [6.07, 6.45) is -4.54. The fourth-order valence-electron chi connectivity index (χ4n) is 4.83. The number of hydrogen-bond donors (Lipinski definition) is 1. The molecule has 1 saturated heterocycles. The molecule has 2 heterocycles. The second-order valence-electron chi connectivity index (χ2n) is 9.56. The van der Waals surface area contributed by atoms with Crippen LogP contribution in [0, 0.1) is 0 Å². The average Bonchev–Trinajstić information content (AvgIpc) is 3.41. The number of aromatic nitrogens is 2. The van der Waals surface area contributed by atoms with Gasteiger partial charge in [-0.1, -0.05) is 24.3 Å². The maximum atomic E-state index is 13.9. The highest BCUT2D eigenvalue weighted by Crippen LogP contribution is 2.39. The number of nitrogens with zero attached hydrogens (tertiary/aromatic N) is 3. The Labute approximate surface area is 228 Å². The van der Waals surface area contributed by atoms with E-state index in [0.29, 0.717) is 0 Å². The number of aromatic hydroxyl groups is 1. The Morgan fingerprint density at radius 2 is 1.75 bits per heavy atom. The molecule has 0 bridgehead atoms. The number of para-hydroxylation sites is 1. The van der Waals surface area contributed by atoms with E-state index in [9.17, 15) is 27.9 Å². The fourth-order valence-corrected chi connectivity index (χ4v) is 4.83. The first-order valence-electron chi connectivity index (χ1n) is 12.6. The fraction of sp³-hybridized carbons (Fsp3) is 0.393. The standard InChI is InChI=1S/C28H30F3N3O6/c1-16(2)40-15-22-32-25(35)23(27(37)34(22)24-20(38-3)10-7-11-21(24)39-4)26(36)33-13-12-17(14-33)18-8-5-6-9-19(18)28(29,30)31/h5-11,16-17,35H,12-15H2,1-4H3. The van der Waals surface area contributed by atoms with E-state index in [2.05, 4.69) is 4.98 Å². The summed E-state index contributed by atoms with van der Waals surface area (Å²) in [4.78, 5) is 32.9. The Bertz CT molecular complexity index is 1430. The largest absolute Gasteiger partial charge is 0.494 e. The van der Waals surface area contributed by atoms with Crippen molar-refractivity contribution in [2.24, 2.45) is 0 Å². The Morgan fingerprint density at radius 1 is 1.10 bits per heavy atom. The van der Waals surface area contributed by atoms with Crippen molar-refractivity contribution in [3.63, 3.8) is 0 Å². The van der Waals surface area contributed by atoms with Crippen LogP contribution in [0.5, 0.6) is 17.4 Å². The summed E-state index contributed by atoms with van der Waals surface area (Å²) >= 11 is 0. The van der Waals surface area contributed by atoms with Gasteiger partial charge in [0.1, 0.15) is 29.6 Å². The Kier molecular flexibility index (Phi) is 8.38. The van der Waals surface area contributed by atoms with Gasteiger partial charge in [-0.25, -0.2) is 0 Å². The summed E-state index contributed by atoms with van der Waals surface area (Å²) in [5, 5.41) is 10.8.